The van der Waals surface area contributed by atoms with Gasteiger partial charge in [-0.25, -0.2) is 4.68 Å². The number of ether oxygens (including phenoxy) is 1. The third kappa shape index (κ3) is 3.04. The van der Waals surface area contributed by atoms with Crippen LogP contribution in [0.1, 0.15) is 51.2 Å². The average Bonchev–Trinajstić information content (AvgIpc) is 2.71. The third-order valence-electron chi connectivity index (χ3n) is 3.24. The number of nitrogens with one attached hydrogen (secondary N) is 1. The summed E-state index contributed by atoms with van der Waals surface area (Å²) >= 11 is 0. The van der Waals surface area contributed by atoms with Gasteiger partial charge in [-0.1, -0.05) is 19.1 Å². The Hall–Kier alpha value is -0.940. The summed E-state index contributed by atoms with van der Waals surface area (Å²) in [7, 11) is 3.62. The smallest absolute Gasteiger partial charge is 0.102 e. The summed E-state index contributed by atoms with van der Waals surface area (Å²) in [6.07, 6.45) is 0.00884. The number of methoxy groups -OCH3 is 1. The van der Waals surface area contributed by atoms with Crippen molar-refractivity contribution in [3.8, 4) is 0 Å². The van der Waals surface area contributed by atoms with Crippen molar-refractivity contribution in [3.05, 3.63) is 11.4 Å². The van der Waals surface area contributed by atoms with E-state index in [1.54, 1.807) is 7.11 Å². The highest BCUT2D eigenvalue weighted by molar-refractivity contribution is 5.13. The SMILES string of the molecule is CNCc1nnn(C(C)C(C)C)c1C(C)OC. The van der Waals surface area contributed by atoms with Crippen molar-refractivity contribution in [1.29, 1.82) is 0 Å². The number of hydrogen-bond acceptors (Lipinski definition) is 4. The molecule has 0 aliphatic rings. The van der Waals surface area contributed by atoms with Crippen molar-refractivity contribution in [3.63, 3.8) is 0 Å². The van der Waals surface area contributed by atoms with E-state index in [0.29, 0.717) is 18.5 Å². The normalized spacial score (nSPS) is 15.2. The first kappa shape index (κ1) is 14.1. The van der Waals surface area contributed by atoms with Gasteiger partial charge in [0.2, 0.25) is 0 Å². The van der Waals surface area contributed by atoms with E-state index in [2.05, 4.69) is 36.4 Å². The van der Waals surface area contributed by atoms with Crippen LogP contribution in [0.3, 0.4) is 0 Å². The maximum atomic E-state index is 5.42. The monoisotopic (exact) mass is 240 g/mol. The molecule has 1 rings (SSSR count). The first-order chi connectivity index (χ1) is 8.02. The Balaban J connectivity index is 3.12. The van der Waals surface area contributed by atoms with Crippen LogP contribution >= 0.6 is 0 Å². The molecule has 0 saturated heterocycles. The van der Waals surface area contributed by atoms with E-state index >= 15 is 0 Å². The number of rotatable bonds is 6. The maximum Gasteiger partial charge on any atom is 0.102 e. The molecule has 0 amide bonds. The number of hydrogen-bond donors (Lipinski definition) is 1. The first-order valence-electron chi connectivity index (χ1n) is 6.14. The Morgan fingerprint density at radius 3 is 2.41 bits per heavy atom. The maximum absolute atomic E-state index is 5.42. The van der Waals surface area contributed by atoms with Crippen LogP contribution in [-0.2, 0) is 11.3 Å². The highest BCUT2D eigenvalue weighted by Crippen LogP contribution is 2.25. The standard InChI is InChI=1S/C12H24N4O/c1-8(2)9(3)16-12(10(4)17-6)11(7-13-5)14-15-16/h8-10,13H,7H2,1-6H3. The van der Waals surface area contributed by atoms with Gasteiger partial charge in [0.15, 0.2) is 0 Å². The summed E-state index contributed by atoms with van der Waals surface area (Å²) in [5, 5.41) is 11.6. The molecule has 1 aromatic heterocycles. The fraction of sp³-hybridized carbons (Fsp3) is 0.833. The van der Waals surface area contributed by atoms with Gasteiger partial charge in [-0.05, 0) is 26.8 Å². The van der Waals surface area contributed by atoms with Crippen molar-refractivity contribution in [2.45, 2.75) is 46.4 Å². The molecule has 5 nitrogen and oxygen atoms in total. The van der Waals surface area contributed by atoms with E-state index in [4.69, 9.17) is 4.74 Å². The van der Waals surface area contributed by atoms with Crippen molar-refractivity contribution in [1.82, 2.24) is 20.3 Å². The Labute approximate surface area is 104 Å². The lowest BCUT2D eigenvalue weighted by Gasteiger charge is -2.21. The molecule has 1 heterocycles. The zero-order chi connectivity index (χ0) is 13.0. The summed E-state index contributed by atoms with van der Waals surface area (Å²) in [5.74, 6) is 0.516. The minimum absolute atomic E-state index is 0.00884. The van der Waals surface area contributed by atoms with Crippen LogP contribution in [0, 0.1) is 5.92 Å². The second-order valence-electron chi connectivity index (χ2n) is 4.76. The average molecular weight is 240 g/mol. The molecular formula is C12H24N4O. The highest BCUT2D eigenvalue weighted by Gasteiger charge is 2.22. The molecule has 0 saturated carbocycles. The van der Waals surface area contributed by atoms with E-state index in [1.807, 2.05) is 18.7 Å². The van der Waals surface area contributed by atoms with Crippen LogP contribution < -0.4 is 5.32 Å². The van der Waals surface area contributed by atoms with Crippen LogP contribution in [-0.4, -0.2) is 29.2 Å². The lowest BCUT2D eigenvalue weighted by atomic mass is 10.1. The Kier molecular flexibility index (Phi) is 5.08. The van der Waals surface area contributed by atoms with Crippen LogP contribution in [0.4, 0.5) is 0 Å². The van der Waals surface area contributed by atoms with Gasteiger partial charge < -0.3 is 10.1 Å². The molecule has 0 bridgehead atoms. The van der Waals surface area contributed by atoms with Gasteiger partial charge in [-0.2, -0.15) is 0 Å². The molecule has 0 aliphatic heterocycles. The van der Waals surface area contributed by atoms with E-state index < -0.39 is 0 Å². The minimum atomic E-state index is 0.00884. The molecule has 1 N–H and O–H groups in total. The first-order valence-corrected chi connectivity index (χ1v) is 6.14. The molecule has 1 aromatic rings. The lowest BCUT2D eigenvalue weighted by molar-refractivity contribution is 0.107. The van der Waals surface area contributed by atoms with Gasteiger partial charge >= 0.3 is 0 Å². The summed E-state index contributed by atoms with van der Waals surface area (Å²) in [4.78, 5) is 0. The van der Waals surface area contributed by atoms with Crippen molar-refractivity contribution < 1.29 is 4.74 Å². The second-order valence-corrected chi connectivity index (χ2v) is 4.76. The van der Waals surface area contributed by atoms with Crippen molar-refractivity contribution in [2.75, 3.05) is 14.2 Å². The molecular weight excluding hydrogens is 216 g/mol. The van der Waals surface area contributed by atoms with Gasteiger partial charge in [0.05, 0.1) is 17.8 Å². The molecule has 0 aromatic carbocycles. The highest BCUT2D eigenvalue weighted by atomic mass is 16.5. The van der Waals surface area contributed by atoms with Gasteiger partial charge in [-0.3, -0.25) is 0 Å². The summed E-state index contributed by atoms with van der Waals surface area (Å²) in [6.45, 7) is 9.28. The molecule has 17 heavy (non-hydrogen) atoms. The van der Waals surface area contributed by atoms with Crippen LogP contribution in [0.2, 0.25) is 0 Å². The number of aromatic nitrogens is 3. The lowest BCUT2D eigenvalue weighted by Crippen LogP contribution is -2.19. The molecule has 5 heteroatoms. The summed E-state index contributed by atoms with van der Waals surface area (Å²) in [5.41, 5.74) is 2.04. The minimum Gasteiger partial charge on any atom is -0.375 e. The van der Waals surface area contributed by atoms with Gasteiger partial charge in [0.1, 0.15) is 5.69 Å². The zero-order valence-corrected chi connectivity index (χ0v) is 11.7. The largest absolute Gasteiger partial charge is 0.375 e. The van der Waals surface area contributed by atoms with Gasteiger partial charge in [0.25, 0.3) is 0 Å². The van der Waals surface area contributed by atoms with E-state index in [9.17, 15) is 0 Å². The second kappa shape index (κ2) is 6.12. The van der Waals surface area contributed by atoms with Gasteiger partial charge in [0, 0.05) is 13.7 Å². The van der Waals surface area contributed by atoms with E-state index in [1.165, 1.54) is 0 Å². The summed E-state index contributed by atoms with van der Waals surface area (Å²) in [6, 6.07) is 0.320. The van der Waals surface area contributed by atoms with E-state index in [-0.39, 0.29) is 6.10 Å². The molecule has 2 unspecified atom stereocenters. The predicted octanol–water partition coefficient (Wildman–Crippen LogP) is 1.92. The van der Waals surface area contributed by atoms with Crippen LogP contribution in [0.15, 0.2) is 0 Å². The molecule has 0 fully saturated rings. The van der Waals surface area contributed by atoms with E-state index in [0.717, 1.165) is 11.4 Å². The molecule has 0 spiro atoms. The Morgan fingerprint density at radius 1 is 1.29 bits per heavy atom. The van der Waals surface area contributed by atoms with Gasteiger partial charge in [-0.15, -0.1) is 5.10 Å². The Bertz CT molecular complexity index is 348. The fourth-order valence-corrected chi connectivity index (χ4v) is 1.74. The van der Waals surface area contributed by atoms with Crippen LogP contribution in [0.25, 0.3) is 0 Å². The Morgan fingerprint density at radius 2 is 1.94 bits per heavy atom. The predicted molar refractivity (Wildman–Crippen MR) is 67.8 cm³/mol. The zero-order valence-electron chi connectivity index (χ0n) is 11.7. The fourth-order valence-electron chi connectivity index (χ4n) is 1.74. The summed E-state index contributed by atoms with van der Waals surface area (Å²) < 4.78 is 7.42. The third-order valence-corrected chi connectivity index (χ3v) is 3.24. The van der Waals surface area contributed by atoms with Crippen LogP contribution in [0.5, 0.6) is 0 Å². The quantitative estimate of drug-likeness (QED) is 0.825. The topological polar surface area (TPSA) is 52.0 Å². The number of nitrogens with zero attached hydrogens (tertiary/aromatic N) is 3. The molecule has 0 aliphatic carbocycles. The molecule has 98 valence electrons. The van der Waals surface area contributed by atoms with Crippen molar-refractivity contribution >= 4 is 0 Å². The molecule has 0 radical (unpaired) electrons. The molecule has 2 atom stereocenters. The van der Waals surface area contributed by atoms with Crippen molar-refractivity contribution in [2.24, 2.45) is 5.92 Å².